The third-order valence-corrected chi connectivity index (χ3v) is 4.64. The van der Waals surface area contributed by atoms with Crippen molar-refractivity contribution >= 4 is 21.4 Å². The maximum Gasteiger partial charge on any atom is 0.0500 e. The molecule has 1 unspecified atom stereocenters. The molecule has 0 radical (unpaired) electrons. The highest BCUT2D eigenvalue weighted by molar-refractivity contribution is 7.17. The summed E-state index contributed by atoms with van der Waals surface area (Å²) in [5, 5.41) is 3.58. The molecule has 0 aliphatic rings. The molecule has 0 amide bonds. The van der Waals surface area contributed by atoms with Crippen LogP contribution in [0.25, 0.3) is 10.1 Å². The van der Waals surface area contributed by atoms with Gasteiger partial charge < -0.3 is 0 Å². The average Bonchev–Trinajstić information content (AvgIpc) is 2.88. The van der Waals surface area contributed by atoms with Crippen molar-refractivity contribution in [3.8, 4) is 0 Å². The molecule has 3 N–H and O–H groups in total. The van der Waals surface area contributed by atoms with Crippen LogP contribution in [0.2, 0.25) is 0 Å². The van der Waals surface area contributed by atoms with Crippen molar-refractivity contribution in [1.82, 2.24) is 5.43 Å². The zero-order valence-electron chi connectivity index (χ0n) is 11.5. The van der Waals surface area contributed by atoms with Gasteiger partial charge >= 0.3 is 0 Å². The summed E-state index contributed by atoms with van der Waals surface area (Å²) in [4.78, 5) is 0. The number of nitrogens with one attached hydrogen (secondary N) is 1. The Morgan fingerprint density at radius 3 is 2.80 bits per heavy atom. The van der Waals surface area contributed by atoms with E-state index in [2.05, 4.69) is 66.3 Å². The lowest BCUT2D eigenvalue weighted by Crippen LogP contribution is -2.29. The SMILES string of the molecule is Cc1cccc(C(Cc2csc3ccccc23)NN)c1. The standard InChI is InChI=1S/C17H18N2S/c1-12-5-4-6-13(9-12)16(19-18)10-14-11-20-17-8-3-2-7-15(14)17/h2-9,11,16,19H,10,18H2,1H3. The number of hydrogen-bond donors (Lipinski definition) is 2. The van der Waals surface area contributed by atoms with Crippen LogP contribution in [0.3, 0.4) is 0 Å². The molecule has 20 heavy (non-hydrogen) atoms. The van der Waals surface area contributed by atoms with E-state index in [-0.39, 0.29) is 6.04 Å². The van der Waals surface area contributed by atoms with E-state index < -0.39 is 0 Å². The van der Waals surface area contributed by atoms with E-state index in [0.29, 0.717) is 0 Å². The van der Waals surface area contributed by atoms with Gasteiger partial charge in [-0.25, -0.2) is 0 Å². The van der Waals surface area contributed by atoms with Gasteiger partial charge in [-0.2, -0.15) is 0 Å². The van der Waals surface area contributed by atoms with E-state index >= 15 is 0 Å². The number of thiophene rings is 1. The largest absolute Gasteiger partial charge is 0.271 e. The summed E-state index contributed by atoms with van der Waals surface area (Å²) in [6.07, 6.45) is 0.907. The van der Waals surface area contributed by atoms with Gasteiger partial charge in [0.1, 0.15) is 0 Å². The number of hydrogen-bond acceptors (Lipinski definition) is 3. The molecule has 0 saturated heterocycles. The number of aryl methyl sites for hydroxylation is 1. The molecule has 1 heterocycles. The Kier molecular flexibility index (Phi) is 3.83. The number of benzene rings is 2. The van der Waals surface area contributed by atoms with Gasteiger partial charge in [-0.3, -0.25) is 11.3 Å². The van der Waals surface area contributed by atoms with Crippen LogP contribution in [-0.2, 0) is 6.42 Å². The monoisotopic (exact) mass is 282 g/mol. The lowest BCUT2D eigenvalue weighted by Gasteiger charge is -2.16. The van der Waals surface area contributed by atoms with Crippen LogP contribution < -0.4 is 11.3 Å². The Balaban J connectivity index is 1.92. The summed E-state index contributed by atoms with van der Waals surface area (Å²) in [5.74, 6) is 5.77. The molecule has 0 fully saturated rings. The van der Waals surface area contributed by atoms with Crippen molar-refractivity contribution in [2.24, 2.45) is 5.84 Å². The third kappa shape index (κ3) is 2.61. The van der Waals surface area contributed by atoms with Crippen LogP contribution in [-0.4, -0.2) is 0 Å². The van der Waals surface area contributed by atoms with Crippen molar-refractivity contribution in [3.63, 3.8) is 0 Å². The molecule has 0 aliphatic carbocycles. The molecule has 1 atom stereocenters. The van der Waals surface area contributed by atoms with Crippen molar-refractivity contribution in [2.45, 2.75) is 19.4 Å². The number of nitrogens with two attached hydrogens (primary N) is 1. The smallest absolute Gasteiger partial charge is 0.0500 e. The first-order valence-corrected chi connectivity index (χ1v) is 7.63. The predicted molar refractivity (Wildman–Crippen MR) is 86.8 cm³/mol. The second kappa shape index (κ2) is 5.75. The fraction of sp³-hybridized carbons (Fsp3) is 0.176. The molecule has 0 saturated carbocycles. The summed E-state index contributed by atoms with van der Waals surface area (Å²) >= 11 is 1.80. The van der Waals surface area contributed by atoms with Gasteiger partial charge in [0.25, 0.3) is 0 Å². The Morgan fingerprint density at radius 2 is 2.00 bits per heavy atom. The summed E-state index contributed by atoms with van der Waals surface area (Å²) in [7, 11) is 0. The van der Waals surface area contributed by atoms with Crippen LogP contribution in [0.1, 0.15) is 22.7 Å². The quantitative estimate of drug-likeness (QED) is 0.561. The minimum absolute atomic E-state index is 0.146. The molecular weight excluding hydrogens is 264 g/mol. The van der Waals surface area contributed by atoms with Crippen molar-refractivity contribution in [2.75, 3.05) is 0 Å². The molecule has 3 aromatic rings. The van der Waals surface area contributed by atoms with Gasteiger partial charge in [0.2, 0.25) is 0 Å². The molecule has 2 nitrogen and oxygen atoms in total. The second-order valence-electron chi connectivity index (χ2n) is 5.09. The van der Waals surface area contributed by atoms with E-state index in [4.69, 9.17) is 5.84 Å². The van der Waals surface area contributed by atoms with Gasteiger partial charge in [-0.05, 0) is 41.3 Å². The fourth-order valence-electron chi connectivity index (χ4n) is 2.57. The Morgan fingerprint density at radius 1 is 1.15 bits per heavy atom. The van der Waals surface area contributed by atoms with E-state index in [1.807, 2.05) is 0 Å². The highest BCUT2D eigenvalue weighted by Crippen LogP contribution is 2.29. The lowest BCUT2D eigenvalue weighted by atomic mass is 9.98. The third-order valence-electron chi connectivity index (χ3n) is 3.63. The van der Waals surface area contributed by atoms with Crippen LogP contribution in [0.4, 0.5) is 0 Å². The van der Waals surface area contributed by atoms with Gasteiger partial charge in [-0.1, -0.05) is 48.0 Å². The van der Waals surface area contributed by atoms with Gasteiger partial charge in [0.15, 0.2) is 0 Å². The lowest BCUT2D eigenvalue weighted by molar-refractivity contribution is 0.553. The zero-order chi connectivity index (χ0) is 13.9. The van der Waals surface area contributed by atoms with E-state index in [1.54, 1.807) is 11.3 Å². The Hall–Kier alpha value is -1.68. The molecular formula is C17H18N2S. The molecule has 0 aliphatic heterocycles. The van der Waals surface area contributed by atoms with Crippen LogP contribution in [0.5, 0.6) is 0 Å². The first kappa shape index (κ1) is 13.3. The highest BCUT2D eigenvalue weighted by Gasteiger charge is 2.13. The second-order valence-corrected chi connectivity index (χ2v) is 6.01. The molecule has 3 heteroatoms. The zero-order valence-corrected chi connectivity index (χ0v) is 12.3. The maximum atomic E-state index is 5.77. The van der Waals surface area contributed by atoms with Gasteiger partial charge in [0.05, 0.1) is 6.04 Å². The van der Waals surface area contributed by atoms with E-state index in [9.17, 15) is 0 Å². The van der Waals surface area contributed by atoms with Gasteiger partial charge in [0, 0.05) is 4.70 Å². The molecule has 2 aromatic carbocycles. The van der Waals surface area contributed by atoms with E-state index in [1.165, 1.54) is 26.8 Å². The topological polar surface area (TPSA) is 38.0 Å². The van der Waals surface area contributed by atoms with Crippen LogP contribution in [0, 0.1) is 6.92 Å². The first-order chi connectivity index (χ1) is 9.78. The van der Waals surface area contributed by atoms with Gasteiger partial charge in [-0.15, -0.1) is 11.3 Å². The normalized spacial score (nSPS) is 12.7. The summed E-state index contributed by atoms with van der Waals surface area (Å²) in [5.41, 5.74) is 6.81. The molecule has 0 bridgehead atoms. The number of rotatable bonds is 4. The first-order valence-electron chi connectivity index (χ1n) is 6.76. The molecule has 3 rings (SSSR count). The Bertz CT molecular complexity index is 718. The average molecular weight is 282 g/mol. The number of fused-ring (bicyclic) bond motifs is 1. The number of hydrazine groups is 1. The van der Waals surface area contributed by atoms with Crippen LogP contribution >= 0.6 is 11.3 Å². The Labute approximate surface area is 123 Å². The summed E-state index contributed by atoms with van der Waals surface area (Å²) in [6, 6.07) is 17.2. The van der Waals surface area contributed by atoms with Crippen molar-refractivity contribution < 1.29 is 0 Å². The molecule has 102 valence electrons. The van der Waals surface area contributed by atoms with Crippen molar-refractivity contribution in [3.05, 3.63) is 70.6 Å². The predicted octanol–water partition coefficient (Wildman–Crippen LogP) is 3.96. The molecule has 1 aromatic heterocycles. The fourth-order valence-corrected chi connectivity index (χ4v) is 3.55. The highest BCUT2D eigenvalue weighted by atomic mass is 32.1. The summed E-state index contributed by atoms with van der Waals surface area (Å²) < 4.78 is 1.34. The maximum absolute atomic E-state index is 5.77. The van der Waals surface area contributed by atoms with E-state index in [0.717, 1.165) is 6.42 Å². The van der Waals surface area contributed by atoms with Crippen LogP contribution in [0.15, 0.2) is 53.9 Å². The minimum atomic E-state index is 0.146. The minimum Gasteiger partial charge on any atom is -0.271 e. The van der Waals surface area contributed by atoms with Crippen molar-refractivity contribution in [1.29, 1.82) is 0 Å². The molecule has 0 spiro atoms. The summed E-state index contributed by atoms with van der Waals surface area (Å²) in [6.45, 7) is 2.11.